The smallest absolute Gasteiger partial charge is 0.303 e. The molecule has 0 unspecified atom stereocenters. The third-order valence-corrected chi connectivity index (χ3v) is 2.14. The molecule has 1 aromatic carbocycles. The van der Waals surface area contributed by atoms with Crippen molar-refractivity contribution in [3.63, 3.8) is 0 Å². The van der Waals surface area contributed by atoms with E-state index in [1.54, 1.807) is 0 Å². The normalized spacial score (nSPS) is 12.1. The van der Waals surface area contributed by atoms with Crippen molar-refractivity contribution in [2.75, 3.05) is 13.6 Å². The average Bonchev–Trinajstić information content (AvgIpc) is 2.25. The number of benzene rings is 1. The molecule has 3 heteroatoms. The minimum atomic E-state index is -0.236. The summed E-state index contributed by atoms with van der Waals surface area (Å²) in [4.78, 5) is 10.9. The lowest BCUT2D eigenvalue weighted by atomic mass is 10.1. The van der Waals surface area contributed by atoms with Gasteiger partial charge in [0.15, 0.2) is 0 Å². The first-order valence-electron chi connectivity index (χ1n) is 5.11. The molecule has 0 aliphatic heterocycles. The molecule has 1 rings (SSSR count). The molecule has 0 radical (unpaired) electrons. The van der Waals surface area contributed by atoms with Gasteiger partial charge in [0.1, 0.15) is 6.10 Å². The van der Waals surface area contributed by atoms with Gasteiger partial charge in [0.05, 0.1) is 0 Å². The fourth-order valence-corrected chi connectivity index (χ4v) is 1.44. The number of hydrogen-bond acceptors (Lipinski definition) is 3. The summed E-state index contributed by atoms with van der Waals surface area (Å²) >= 11 is 0. The Balaban J connectivity index is 2.67. The summed E-state index contributed by atoms with van der Waals surface area (Å²) in [5.74, 6) is -0.236. The lowest BCUT2D eigenvalue weighted by Crippen LogP contribution is -2.16. The van der Waals surface area contributed by atoms with Gasteiger partial charge in [-0.2, -0.15) is 0 Å². The van der Waals surface area contributed by atoms with Crippen molar-refractivity contribution in [3.8, 4) is 0 Å². The van der Waals surface area contributed by atoms with E-state index in [0.717, 1.165) is 18.5 Å². The number of carbonyl (C=O) groups excluding carboxylic acids is 1. The van der Waals surface area contributed by atoms with Crippen molar-refractivity contribution in [1.82, 2.24) is 5.32 Å². The number of nitrogens with one attached hydrogen (secondary N) is 1. The van der Waals surface area contributed by atoms with Gasteiger partial charge in [0.25, 0.3) is 0 Å². The van der Waals surface area contributed by atoms with Gasteiger partial charge in [-0.15, -0.1) is 0 Å². The number of hydrogen-bond donors (Lipinski definition) is 1. The lowest BCUT2D eigenvalue weighted by Gasteiger charge is -2.17. The summed E-state index contributed by atoms with van der Waals surface area (Å²) in [6.07, 6.45) is 0.649. The second-order valence-electron chi connectivity index (χ2n) is 3.40. The van der Waals surface area contributed by atoms with Crippen LogP contribution < -0.4 is 5.32 Å². The molecule has 82 valence electrons. The largest absolute Gasteiger partial charge is 0.458 e. The highest BCUT2D eigenvalue weighted by molar-refractivity contribution is 5.66. The minimum Gasteiger partial charge on any atom is -0.458 e. The highest BCUT2D eigenvalue weighted by Crippen LogP contribution is 2.20. The van der Waals surface area contributed by atoms with Crippen LogP contribution in [0.3, 0.4) is 0 Å². The maximum absolute atomic E-state index is 10.9. The van der Waals surface area contributed by atoms with Crippen LogP contribution in [0.4, 0.5) is 0 Å². The summed E-state index contributed by atoms with van der Waals surface area (Å²) in [7, 11) is 1.88. The van der Waals surface area contributed by atoms with Gasteiger partial charge in [-0.25, -0.2) is 0 Å². The molecule has 0 saturated carbocycles. The van der Waals surface area contributed by atoms with Crippen LogP contribution in [0, 0.1) is 0 Å². The molecule has 3 nitrogen and oxygen atoms in total. The predicted molar refractivity (Wildman–Crippen MR) is 59.5 cm³/mol. The monoisotopic (exact) mass is 207 g/mol. The van der Waals surface area contributed by atoms with Gasteiger partial charge in [-0.3, -0.25) is 4.79 Å². The summed E-state index contributed by atoms with van der Waals surface area (Å²) < 4.78 is 5.26. The zero-order valence-electron chi connectivity index (χ0n) is 9.19. The van der Waals surface area contributed by atoms with Crippen molar-refractivity contribution in [2.24, 2.45) is 0 Å². The molecular weight excluding hydrogens is 190 g/mol. The predicted octanol–water partition coefficient (Wildman–Crippen LogP) is 1.90. The van der Waals surface area contributed by atoms with Crippen LogP contribution in [0.2, 0.25) is 0 Å². The maximum atomic E-state index is 10.9. The molecule has 0 fully saturated rings. The van der Waals surface area contributed by atoms with E-state index in [1.165, 1.54) is 6.92 Å². The number of rotatable bonds is 5. The minimum absolute atomic E-state index is 0.142. The molecule has 0 aromatic heterocycles. The van der Waals surface area contributed by atoms with E-state index in [2.05, 4.69) is 5.32 Å². The molecular formula is C12H17NO2. The highest BCUT2D eigenvalue weighted by atomic mass is 16.5. The fourth-order valence-electron chi connectivity index (χ4n) is 1.44. The quantitative estimate of drug-likeness (QED) is 0.749. The Labute approximate surface area is 90.4 Å². The second kappa shape index (κ2) is 6.19. The summed E-state index contributed by atoms with van der Waals surface area (Å²) in [5.41, 5.74) is 1.04. The van der Waals surface area contributed by atoms with Gasteiger partial charge >= 0.3 is 5.97 Å². The first-order chi connectivity index (χ1) is 7.24. The van der Waals surface area contributed by atoms with E-state index in [9.17, 15) is 4.79 Å². The van der Waals surface area contributed by atoms with Gasteiger partial charge < -0.3 is 10.1 Å². The summed E-state index contributed by atoms with van der Waals surface area (Å²) in [6, 6.07) is 9.80. The summed E-state index contributed by atoms with van der Waals surface area (Å²) in [5, 5.41) is 3.05. The number of esters is 1. The highest BCUT2D eigenvalue weighted by Gasteiger charge is 2.13. The molecule has 0 heterocycles. The first-order valence-corrected chi connectivity index (χ1v) is 5.11. The molecule has 0 amide bonds. The Bertz CT molecular complexity index is 298. The maximum Gasteiger partial charge on any atom is 0.303 e. The Morgan fingerprint density at radius 3 is 2.60 bits per heavy atom. The molecule has 0 bridgehead atoms. The van der Waals surface area contributed by atoms with Crippen LogP contribution >= 0.6 is 0 Å². The fraction of sp³-hybridized carbons (Fsp3) is 0.417. The van der Waals surface area contributed by atoms with Gasteiger partial charge in [0, 0.05) is 13.3 Å². The summed E-state index contributed by atoms with van der Waals surface area (Å²) in [6.45, 7) is 2.27. The van der Waals surface area contributed by atoms with E-state index >= 15 is 0 Å². The lowest BCUT2D eigenvalue weighted by molar-refractivity contribution is -0.147. The number of ether oxygens (including phenoxy) is 1. The molecule has 15 heavy (non-hydrogen) atoms. The van der Waals surface area contributed by atoms with E-state index in [1.807, 2.05) is 37.4 Å². The van der Waals surface area contributed by atoms with Crippen molar-refractivity contribution in [2.45, 2.75) is 19.4 Å². The molecule has 1 atom stereocenters. The van der Waals surface area contributed by atoms with E-state index in [0.29, 0.717) is 0 Å². The molecule has 0 aliphatic rings. The molecule has 1 N–H and O–H groups in total. The zero-order valence-corrected chi connectivity index (χ0v) is 9.19. The van der Waals surface area contributed by atoms with Crippen LogP contribution in [0.5, 0.6) is 0 Å². The first kappa shape index (κ1) is 11.7. The van der Waals surface area contributed by atoms with Crippen LogP contribution in [-0.4, -0.2) is 19.6 Å². The Morgan fingerprint density at radius 1 is 1.40 bits per heavy atom. The Morgan fingerprint density at radius 2 is 2.07 bits per heavy atom. The molecule has 0 spiro atoms. The topological polar surface area (TPSA) is 38.3 Å². The van der Waals surface area contributed by atoms with Crippen LogP contribution in [0.25, 0.3) is 0 Å². The third kappa shape index (κ3) is 4.13. The zero-order chi connectivity index (χ0) is 11.1. The molecule has 0 saturated heterocycles. The van der Waals surface area contributed by atoms with E-state index in [-0.39, 0.29) is 12.1 Å². The van der Waals surface area contributed by atoms with Crippen molar-refractivity contribution >= 4 is 5.97 Å². The standard InChI is InChI=1S/C12H17NO2/c1-10(14)15-12(8-9-13-2)11-6-4-3-5-7-11/h3-7,12-13H,8-9H2,1-2H3/t12-/m0/s1. The SMILES string of the molecule is CNCC[C@H](OC(C)=O)c1ccccc1. The van der Waals surface area contributed by atoms with E-state index in [4.69, 9.17) is 4.74 Å². The molecule has 0 aliphatic carbocycles. The van der Waals surface area contributed by atoms with Crippen molar-refractivity contribution < 1.29 is 9.53 Å². The molecule has 1 aromatic rings. The Kier molecular flexibility index (Phi) is 4.84. The van der Waals surface area contributed by atoms with E-state index < -0.39 is 0 Å². The van der Waals surface area contributed by atoms with Crippen LogP contribution in [0.15, 0.2) is 30.3 Å². The third-order valence-electron chi connectivity index (χ3n) is 2.14. The second-order valence-corrected chi connectivity index (χ2v) is 3.40. The van der Waals surface area contributed by atoms with Gasteiger partial charge in [0.2, 0.25) is 0 Å². The average molecular weight is 207 g/mol. The number of carbonyl (C=O) groups is 1. The van der Waals surface area contributed by atoms with Gasteiger partial charge in [-0.05, 0) is 19.2 Å². The van der Waals surface area contributed by atoms with Crippen LogP contribution in [0.1, 0.15) is 25.0 Å². The Hall–Kier alpha value is -1.35. The van der Waals surface area contributed by atoms with Crippen molar-refractivity contribution in [1.29, 1.82) is 0 Å². The van der Waals surface area contributed by atoms with Crippen LogP contribution in [-0.2, 0) is 9.53 Å². The van der Waals surface area contributed by atoms with Gasteiger partial charge in [-0.1, -0.05) is 30.3 Å². The van der Waals surface area contributed by atoms with Crippen molar-refractivity contribution in [3.05, 3.63) is 35.9 Å².